The van der Waals surface area contributed by atoms with Crippen LogP contribution in [0.5, 0.6) is 0 Å². The Morgan fingerprint density at radius 2 is 1.90 bits per heavy atom. The molecule has 0 aliphatic rings. The molecule has 0 saturated heterocycles. The van der Waals surface area contributed by atoms with Crippen molar-refractivity contribution in [1.82, 2.24) is 14.9 Å². The molecule has 0 bridgehead atoms. The summed E-state index contributed by atoms with van der Waals surface area (Å²) in [5.74, 6) is 0.806. The maximum Gasteiger partial charge on any atom is 0.224 e. The fourth-order valence-corrected chi connectivity index (χ4v) is 2.48. The lowest BCUT2D eigenvalue weighted by Gasteiger charge is -2.24. The van der Waals surface area contributed by atoms with Gasteiger partial charge in [0.05, 0.1) is 5.52 Å². The largest absolute Gasteiger partial charge is 0.366 e. The summed E-state index contributed by atoms with van der Waals surface area (Å²) in [7, 11) is 0. The topological polar surface area (TPSA) is 41.0 Å². The number of fused-ring (bicyclic) bond motifs is 1. The molecule has 1 N–H and O–H groups in total. The summed E-state index contributed by atoms with van der Waals surface area (Å²) in [6.45, 7) is 9.58. The number of hydrogen-bond acceptors (Lipinski definition) is 4. The summed E-state index contributed by atoms with van der Waals surface area (Å²) in [5, 5.41) is 4.73. The van der Waals surface area contributed by atoms with Crippen LogP contribution in [-0.4, -0.2) is 40.5 Å². The van der Waals surface area contributed by atoms with Crippen molar-refractivity contribution in [2.75, 3.05) is 25.0 Å². The van der Waals surface area contributed by atoms with Gasteiger partial charge in [-0.2, -0.15) is 0 Å². The molecule has 1 atom stereocenters. The third-order valence-electron chi connectivity index (χ3n) is 3.39. The van der Waals surface area contributed by atoms with Gasteiger partial charge < -0.3 is 10.2 Å². The van der Waals surface area contributed by atoms with Crippen molar-refractivity contribution in [3.63, 3.8) is 0 Å². The highest BCUT2D eigenvalue weighted by molar-refractivity contribution is 6.28. The third kappa shape index (κ3) is 3.58. The first kappa shape index (κ1) is 15.0. The van der Waals surface area contributed by atoms with Crippen molar-refractivity contribution in [2.24, 2.45) is 0 Å². The van der Waals surface area contributed by atoms with E-state index in [0.29, 0.717) is 6.04 Å². The number of nitrogens with one attached hydrogen (secondary N) is 1. The number of hydrogen-bond donors (Lipinski definition) is 1. The highest BCUT2D eigenvalue weighted by Gasteiger charge is 2.11. The van der Waals surface area contributed by atoms with Gasteiger partial charge in [0, 0.05) is 18.0 Å². The summed E-state index contributed by atoms with van der Waals surface area (Å²) in [6, 6.07) is 8.19. The molecule has 4 nitrogen and oxygen atoms in total. The number of rotatable bonds is 6. The minimum Gasteiger partial charge on any atom is -0.366 e. The number of para-hydroxylation sites is 1. The SMILES string of the molecule is CCN(CC)CC(C)Nc1nc(Cl)nc2ccccc12. The van der Waals surface area contributed by atoms with Gasteiger partial charge in [-0.25, -0.2) is 9.97 Å². The van der Waals surface area contributed by atoms with Crippen molar-refractivity contribution in [2.45, 2.75) is 26.8 Å². The fourth-order valence-electron chi connectivity index (χ4n) is 2.31. The second-order valence-electron chi connectivity index (χ2n) is 4.89. The minimum atomic E-state index is 0.279. The van der Waals surface area contributed by atoms with E-state index in [-0.39, 0.29) is 5.28 Å². The van der Waals surface area contributed by atoms with Crippen LogP contribution in [0.2, 0.25) is 5.28 Å². The second kappa shape index (κ2) is 6.86. The molecule has 108 valence electrons. The van der Waals surface area contributed by atoms with Gasteiger partial charge in [0.1, 0.15) is 5.82 Å². The van der Waals surface area contributed by atoms with Gasteiger partial charge in [0.15, 0.2) is 0 Å². The summed E-state index contributed by atoms with van der Waals surface area (Å²) < 4.78 is 0. The van der Waals surface area contributed by atoms with E-state index in [2.05, 4.69) is 41.0 Å². The molecule has 0 spiro atoms. The molecule has 5 heteroatoms. The van der Waals surface area contributed by atoms with E-state index < -0.39 is 0 Å². The van der Waals surface area contributed by atoms with Crippen LogP contribution in [-0.2, 0) is 0 Å². The lowest BCUT2D eigenvalue weighted by molar-refractivity contribution is 0.294. The third-order valence-corrected chi connectivity index (χ3v) is 3.55. The smallest absolute Gasteiger partial charge is 0.224 e. The van der Waals surface area contributed by atoms with E-state index in [4.69, 9.17) is 11.6 Å². The van der Waals surface area contributed by atoms with E-state index in [0.717, 1.165) is 36.4 Å². The Labute approximate surface area is 125 Å². The van der Waals surface area contributed by atoms with Gasteiger partial charge in [-0.05, 0) is 43.7 Å². The molecule has 1 heterocycles. The number of likely N-dealkylation sites (N-methyl/N-ethyl adjacent to an activating group) is 1. The number of halogens is 1. The van der Waals surface area contributed by atoms with Crippen LogP contribution in [0.15, 0.2) is 24.3 Å². The molecular weight excluding hydrogens is 272 g/mol. The van der Waals surface area contributed by atoms with Crippen molar-refractivity contribution in [3.05, 3.63) is 29.5 Å². The first-order valence-corrected chi connectivity index (χ1v) is 7.43. The first-order valence-electron chi connectivity index (χ1n) is 7.05. The molecule has 1 aromatic heterocycles. The minimum absolute atomic E-state index is 0.279. The summed E-state index contributed by atoms with van der Waals surface area (Å²) in [4.78, 5) is 10.9. The first-order chi connectivity index (χ1) is 9.63. The molecule has 2 rings (SSSR count). The van der Waals surface area contributed by atoms with Crippen molar-refractivity contribution in [1.29, 1.82) is 0 Å². The van der Waals surface area contributed by atoms with Crippen molar-refractivity contribution >= 4 is 28.3 Å². The maximum atomic E-state index is 5.99. The van der Waals surface area contributed by atoms with Crippen LogP contribution in [0.3, 0.4) is 0 Å². The molecule has 1 unspecified atom stereocenters. The molecule has 1 aromatic carbocycles. The zero-order valence-electron chi connectivity index (χ0n) is 12.2. The Morgan fingerprint density at radius 1 is 1.20 bits per heavy atom. The van der Waals surface area contributed by atoms with Crippen molar-refractivity contribution < 1.29 is 0 Å². The molecule has 0 fully saturated rings. The molecule has 0 aliphatic heterocycles. The Kier molecular flexibility index (Phi) is 5.15. The van der Waals surface area contributed by atoms with E-state index in [1.54, 1.807) is 0 Å². The number of anilines is 1. The zero-order chi connectivity index (χ0) is 14.5. The average Bonchev–Trinajstić information content (AvgIpc) is 2.44. The van der Waals surface area contributed by atoms with Crippen LogP contribution in [0.1, 0.15) is 20.8 Å². The van der Waals surface area contributed by atoms with Gasteiger partial charge in [0.2, 0.25) is 5.28 Å². The lowest BCUT2D eigenvalue weighted by Crippen LogP contribution is -2.35. The maximum absolute atomic E-state index is 5.99. The highest BCUT2D eigenvalue weighted by Crippen LogP contribution is 2.22. The van der Waals surface area contributed by atoms with E-state index in [1.807, 2.05) is 24.3 Å². The lowest BCUT2D eigenvalue weighted by atomic mass is 10.2. The summed E-state index contributed by atoms with van der Waals surface area (Å²) in [5.41, 5.74) is 0.866. The Morgan fingerprint density at radius 3 is 2.60 bits per heavy atom. The molecule has 0 aliphatic carbocycles. The number of benzene rings is 1. The van der Waals surface area contributed by atoms with Crippen LogP contribution in [0.25, 0.3) is 10.9 Å². The van der Waals surface area contributed by atoms with Crippen LogP contribution in [0.4, 0.5) is 5.82 Å². The quantitative estimate of drug-likeness (QED) is 0.828. The van der Waals surface area contributed by atoms with Crippen molar-refractivity contribution in [3.8, 4) is 0 Å². The average molecular weight is 293 g/mol. The fraction of sp³-hybridized carbons (Fsp3) is 0.467. The molecule has 0 radical (unpaired) electrons. The number of nitrogens with zero attached hydrogens (tertiary/aromatic N) is 3. The van der Waals surface area contributed by atoms with Crippen LogP contribution < -0.4 is 5.32 Å². The van der Waals surface area contributed by atoms with E-state index in [1.165, 1.54) is 0 Å². The molecular formula is C15H21ClN4. The second-order valence-corrected chi connectivity index (χ2v) is 5.23. The summed E-state index contributed by atoms with van der Waals surface area (Å²) >= 11 is 5.99. The van der Waals surface area contributed by atoms with Gasteiger partial charge in [0.25, 0.3) is 0 Å². The Hall–Kier alpha value is -1.39. The van der Waals surface area contributed by atoms with Crippen LogP contribution in [0, 0.1) is 0 Å². The Balaban J connectivity index is 2.20. The van der Waals surface area contributed by atoms with Gasteiger partial charge >= 0.3 is 0 Å². The molecule has 0 saturated carbocycles. The van der Waals surface area contributed by atoms with Crippen LogP contribution >= 0.6 is 11.6 Å². The normalized spacial score (nSPS) is 12.8. The molecule has 20 heavy (non-hydrogen) atoms. The standard InChI is InChI=1S/C15H21ClN4/c1-4-20(5-2)10-11(3)17-14-12-8-6-7-9-13(12)18-15(16)19-14/h6-9,11H,4-5,10H2,1-3H3,(H,17,18,19). The van der Waals surface area contributed by atoms with E-state index >= 15 is 0 Å². The number of aromatic nitrogens is 2. The zero-order valence-corrected chi connectivity index (χ0v) is 13.0. The highest BCUT2D eigenvalue weighted by atomic mass is 35.5. The molecule has 0 amide bonds. The predicted octanol–water partition coefficient (Wildman–Crippen LogP) is 3.43. The van der Waals surface area contributed by atoms with Gasteiger partial charge in [-0.1, -0.05) is 26.0 Å². The predicted molar refractivity (Wildman–Crippen MR) is 85.4 cm³/mol. The van der Waals surface area contributed by atoms with Gasteiger partial charge in [-0.15, -0.1) is 0 Å². The Bertz CT molecular complexity index is 569. The summed E-state index contributed by atoms with van der Waals surface area (Å²) in [6.07, 6.45) is 0. The monoisotopic (exact) mass is 292 g/mol. The van der Waals surface area contributed by atoms with Gasteiger partial charge in [-0.3, -0.25) is 0 Å². The van der Waals surface area contributed by atoms with E-state index in [9.17, 15) is 0 Å². The molecule has 2 aromatic rings.